The molecular formula is C16H28N2O2. The van der Waals surface area contributed by atoms with E-state index >= 15 is 0 Å². The van der Waals surface area contributed by atoms with Gasteiger partial charge in [-0.15, -0.1) is 0 Å². The first kappa shape index (κ1) is 17.0. The number of ether oxygens (including phenoxy) is 2. The van der Waals surface area contributed by atoms with Crippen LogP contribution in [0.3, 0.4) is 0 Å². The number of hydrogen-bond acceptors (Lipinski definition) is 4. The fourth-order valence-corrected chi connectivity index (χ4v) is 2.15. The van der Waals surface area contributed by atoms with E-state index in [1.54, 1.807) is 0 Å². The molecule has 0 aliphatic rings. The molecule has 114 valence electrons. The summed E-state index contributed by atoms with van der Waals surface area (Å²) < 4.78 is 11.0. The van der Waals surface area contributed by atoms with Crippen molar-refractivity contribution in [3.8, 4) is 0 Å². The number of rotatable bonds is 11. The van der Waals surface area contributed by atoms with E-state index in [1.165, 1.54) is 11.3 Å². The quantitative estimate of drug-likeness (QED) is 0.631. The van der Waals surface area contributed by atoms with Gasteiger partial charge in [0, 0.05) is 38.5 Å². The van der Waals surface area contributed by atoms with E-state index in [1.807, 2.05) is 20.9 Å². The maximum absolute atomic E-state index is 5.49. The smallest absolute Gasteiger partial charge is 0.0641 e. The van der Waals surface area contributed by atoms with Crippen LogP contribution in [-0.4, -0.2) is 46.6 Å². The molecule has 0 radical (unpaired) electrons. The fraction of sp³-hybridized carbons (Fsp3) is 0.625. The minimum Gasteiger partial charge on any atom is -0.380 e. The van der Waals surface area contributed by atoms with E-state index < -0.39 is 0 Å². The molecule has 0 heterocycles. The fourth-order valence-electron chi connectivity index (χ4n) is 2.15. The van der Waals surface area contributed by atoms with Crippen LogP contribution in [0.15, 0.2) is 24.3 Å². The van der Waals surface area contributed by atoms with Crippen molar-refractivity contribution in [1.29, 1.82) is 0 Å². The summed E-state index contributed by atoms with van der Waals surface area (Å²) in [5.74, 6) is 0. The molecule has 4 heteroatoms. The molecule has 0 aliphatic heterocycles. The van der Waals surface area contributed by atoms with Crippen LogP contribution < -0.4 is 10.2 Å². The van der Waals surface area contributed by atoms with Crippen molar-refractivity contribution in [2.75, 3.05) is 51.5 Å². The van der Waals surface area contributed by atoms with Crippen LogP contribution >= 0.6 is 0 Å². The Labute approximate surface area is 123 Å². The topological polar surface area (TPSA) is 33.7 Å². The van der Waals surface area contributed by atoms with Gasteiger partial charge in [-0.1, -0.05) is 18.2 Å². The molecule has 0 bridgehead atoms. The molecule has 0 spiro atoms. The highest BCUT2D eigenvalue weighted by Crippen LogP contribution is 2.20. The van der Waals surface area contributed by atoms with Gasteiger partial charge in [-0.2, -0.15) is 0 Å². The van der Waals surface area contributed by atoms with Crippen molar-refractivity contribution in [3.05, 3.63) is 29.8 Å². The number of nitrogens with zero attached hydrogens (tertiary/aromatic N) is 1. The van der Waals surface area contributed by atoms with Crippen LogP contribution in [0, 0.1) is 0 Å². The van der Waals surface area contributed by atoms with Gasteiger partial charge in [-0.3, -0.25) is 0 Å². The molecule has 0 unspecified atom stereocenters. The maximum Gasteiger partial charge on any atom is 0.0641 e. The summed E-state index contributed by atoms with van der Waals surface area (Å²) in [5.41, 5.74) is 2.57. The predicted octanol–water partition coefficient (Wildman–Crippen LogP) is 2.29. The summed E-state index contributed by atoms with van der Waals surface area (Å²) in [7, 11) is 1.97. The van der Waals surface area contributed by atoms with Crippen LogP contribution in [0.25, 0.3) is 0 Å². The van der Waals surface area contributed by atoms with Crippen molar-refractivity contribution >= 4 is 5.69 Å². The first-order chi connectivity index (χ1) is 9.83. The van der Waals surface area contributed by atoms with Gasteiger partial charge < -0.3 is 19.7 Å². The Morgan fingerprint density at radius 2 is 1.60 bits per heavy atom. The molecule has 0 amide bonds. The molecular weight excluding hydrogens is 252 g/mol. The lowest BCUT2D eigenvalue weighted by molar-refractivity contribution is 0.141. The third-order valence-electron chi connectivity index (χ3n) is 3.12. The lowest BCUT2D eigenvalue weighted by Gasteiger charge is -2.27. The van der Waals surface area contributed by atoms with Gasteiger partial charge in [0.15, 0.2) is 0 Å². The van der Waals surface area contributed by atoms with Gasteiger partial charge in [0.2, 0.25) is 0 Å². The Kier molecular flexibility index (Phi) is 9.04. The second kappa shape index (κ2) is 10.7. The van der Waals surface area contributed by atoms with Gasteiger partial charge in [0.05, 0.1) is 13.2 Å². The van der Waals surface area contributed by atoms with Crippen molar-refractivity contribution in [2.45, 2.75) is 20.4 Å². The van der Waals surface area contributed by atoms with Gasteiger partial charge >= 0.3 is 0 Å². The van der Waals surface area contributed by atoms with Crippen molar-refractivity contribution in [3.63, 3.8) is 0 Å². The molecule has 0 saturated heterocycles. The third-order valence-corrected chi connectivity index (χ3v) is 3.12. The Bertz CT molecular complexity index is 348. The highest BCUT2D eigenvalue weighted by molar-refractivity contribution is 5.53. The molecule has 1 aromatic rings. The summed E-state index contributed by atoms with van der Waals surface area (Å²) in [5, 5.41) is 3.22. The zero-order valence-electron chi connectivity index (χ0n) is 13.0. The van der Waals surface area contributed by atoms with E-state index in [4.69, 9.17) is 9.47 Å². The molecule has 1 rings (SSSR count). The SMILES string of the molecule is CCOCCN(CCOCC)c1ccccc1CNC. The average molecular weight is 280 g/mol. The Morgan fingerprint density at radius 1 is 1.00 bits per heavy atom. The molecule has 0 aromatic heterocycles. The Morgan fingerprint density at radius 3 is 2.15 bits per heavy atom. The second-order valence-corrected chi connectivity index (χ2v) is 4.54. The van der Waals surface area contributed by atoms with Crippen LogP contribution in [0.4, 0.5) is 5.69 Å². The van der Waals surface area contributed by atoms with Crippen LogP contribution in [0.2, 0.25) is 0 Å². The van der Waals surface area contributed by atoms with Crippen LogP contribution in [0.5, 0.6) is 0 Å². The normalized spacial score (nSPS) is 10.8. The third kappa shape index (κ3) is 5.90. The van der Waals surface area contributed by atoms with E-state index in [9.17, 15) is 0 Å². The van der Waals surface area contributed by atoms with Gasteiger partial charge in [-0.05, 0) is 32.5 Å². The monoisotopic (exact) mass is 280 g/mol. The summed E-state index contributed by atoms with van der Waals surface area (Å²) in [6.07, 6.45) is 0. The van der Waals surface area contributed by atoms with Crippen LogP contribution in [-0.2, 0) is 16.0 Å². The summed E-state index contributed by atoms with van der Waals surface area (Å²) in [6.45, 7) is 9.72. The predicted molar refractivity (Wildman–Crippen MR) is 84.4 cm³/mol. The minimum absolute atomic E-state index is 0.747. The number of para-hydroxylation sites is 1. The van der Waals surface area contributed by atoms with Crippen molar-refractivity contribution < 1.29 is 9.47 Å². The number of benzene rings is 1. The largest absolute Gasteiger partial charge is 0.380 e. The van der Waals surface area contributed by atoms with Gasteiger partial charge in [0.25, 0.3) is 0 Å². The molecule has 0 fully saturated rings. The summed E-state index contributed by atoms with van der Waals surface area (Å²) >= 11 is 0. The summed E-state index contributed by atoms with van der Waals surface area (Å²) in [6, 6.07) is 8.51. The van der Waals surface area contributed by atoms with Crippen molar-refractivity contribution in [1.82, 2.24) is 5.32 Å². The first-order valence-corrected chi connectivity index (χ1v) is 7.46. The van der Waals surface area contributed by atoms with E-state index in [2.05, 4.69) is 34.5 Å². The first-order valence-electron chi connectivity index (χ1n) is 7.46. The molecule has 1 N–H and O–H groups in total. The molecule has 0 saturated carbocycles. The number of anilines is 1. The molecule has 0 atom stereocenters. The molecule has 4 nitrogen and oxygen atoms in total. The van der Waals surface area contributed by atoms with E-state index in [-0.39, 0.29) is 0 Å². The van der Waals surface area contributed by atoms with Crippen molar-refractivity contribution in [2.24, 2.45) is 0 Å². The van der Waals surface area contributed by atoms with E-state index in [0.29, 0.717) is 0 Å². The Hall–Kier alpha value is -1.10. The lowest BCUT2D eigenvalue weighted by atomic mass is 10.1. The standard InChI is InChI=1S/C16H28N2O2/c1-4-19-12-10-18(11-13-20-5-2)16-9-7-6-8-15(16)14-17-3/h6-9,17H,4-5,10-14H2,1-3H3. The lowest BCUT2D eigenvalue weighted by Crippen LogP contribution is -2.32. The number of hydrogen-bond donors (Lipinski definition) is 1. The number of nitrogens with one attached hydrogen (secondary N) is 1. The highest BCUT2D eigenvalue weighted by Gasteiger charge is 2.10. The maximum atomic E-state index is 5.49. The zero-order chi connectivity index (χ0) is 14.6. The Balaban J connectivity index is 2.73. The average Bonchev–Trinajstić information content (AvgIpc) is 2.47. The molecule has 0 aliphatic carbocycles. The molecule has 20 heavy (non-hydrogen) atoms. The van der Waals surface area contributed by atoms with Gasteiger partial charge in [-0.25, -0.2) is 0 Å². The highest BCUT2D eigenvalue weighted by atomic mass is 16.5. The zero-order valence-corrected chi connectivity index (χ0v) is 13.0. The second-order valence-electron chi connectivity index (χ2n) is 4.54. The minimum atomic E-state index is 0.747. The van der Waals surface area contributed by atoms with Crippen LogP contribution in [0.1, 0.15) is 19.4 Å². The van der Waals surface area contributed by atoms with Gasteiger partial charge in [0.1, 0.15) is 0 Å². The summed E-state index contributed by atoms with van der Waals surface area (Å²) in [4.78, 5) is 2.35. The molecule has 1 aromatic carbocycles. The van der Waals surface area contributed by atoms with E-state index in [0.717, 1.165) is 46.1 Å².